The molecular weight excluding hydrogens is 233 g/mol. The maximum absolute atomic E-state index is 12.8. The maximum Gasteiger partial charge on any atom is 0.338 e. The summed E-state index contributed by atoms with van der Waals surface area (Å²) >= 11 is 1.21. The van der Waals surface area contributed by atoms with Crippen molar-refractivity contribution in [3.63, 3.8) is 0 Å². The third-order valence-electron chi connectivity index (χ3n) is 1.90. The van der Waals surface area contributed by atoms with Crippen molar-refractivity contribution in [3.05, 3.63) is 23.6 Å². The van der Waals surface area contributed by atoms with Crippen LogP contribution in [0.3, 0.4) is 0 Å². The molecule has 1 aromatic rings. The van der Waals surface area contributed by atoms with Crippen molar-refractivity contribution < 1.29 is 19.4 Å². The van der Waals surface area contributed by atoms with Crippen LogP contribution in [0, 0.1) is 5.82 Å². The van der Waals surface area contributed by atoms with E-state index in [2.05, 4.69) is 4.98 Å². The molecule has 1 heterocycles. The van der Waals surface area contributed by atoms with E-state index in [-0.39, 0.29) is 22.4 Å². The van der Waals surface area contributed by atoms with Gasteiger partial charge in [-0.25, -0.2) is 14.2 Å². The number of aromatic nitrogens is 1. The van der Waals surface area contributed by atoms with E-state index in [0.29, 0.717) is 6.42 Å². The molecule has 6 heteroatoms. The summed E-state index contributed by atoms with van der Waals surface area (Å²) in [6.07, 6.45) is 1.52. The Labute approximate surface area is 96.5 Å². The van der Waals surface area contributed by atoms with Gasteiger partial charge in [-0.05, 0) is 12.5 Å². The first-order chi connectivity index (χ1) is 7.54. The molecule has 0 radical (unpaired) electrons. The normalized spacial score (nSPS) is 12.4. The van der Waals surface area contributed by atoms with Gasteiger partial charge in [-0.3, -0.25) is 0 Å². The first-order valence-electron chi connectivity index (χ1n) is 4.71. The summed E-state index contributed by atoms with van der Waals surface area (Å²) in [6.45, 7) is 1.87. The van der Waals surface area contributed by atoms with Gasteiger partial charge in [-0.2, -0.15) is 0 Å². The summed E-state index contributed by atoms with van der Waals surface area (Å²) in [6, 6.07) is 0.948. The lowest BCUT2D eigenvalue weighted by molar-refractivity contribution is 0.0691. The third-order valence-corrected chi connectivity index (χ3v) is 3.08. The van der Waals surface area contributed by atoms with Gasteiger partial charge >= 0.3 is 5.97 Å². The molecular formula is C10H12FNO3S. The zero-order valence-electron chi connectivity index (χ0n) is 8.68. The molecule has 16 heavy (non-hydrogen) atoms. The highest BCUT2D eigenvalue weighted by molar-refractivity contribution is 7.99. The SMILES string of the molecule is CC(CCO)Sc1ncc(F)cc1C(=O)O. The fourth-order valence-corrected chi connectivity index (χ4v) is 2.10. The highest BCUT2D eigenvalue weighted by atomic mass is 32.2. The van der Waals surface area contributed by atoms with Gasteiger partial charge in [0.25, 0.3) is 0 Å². The lowest BCUT2D eigenvalue weighted by Gasteiger charge is -2.10. The van der Waals surface area contributed by atoms with Gasteiger partial charge < -0.3 is 10.2 Å². The Balaban J connectivity index is 2.90. The molecule has 1 aromatic heterocycles. The standard InChI is InChI=1S/C10H12FNO3S/c1-6(2-3-13)16-9-8(10(14)15)4-7(11)5-12-9/h4-6,13H,2-3H2,1H3,(H,14,15). The molecule has 1 unspecified atom stereocenters. The number of thioether (sulfide) groups is 1. The molecule has 0 aliphatic rings. The van der Waals surface area contributed by atoms with Gasteiger partial charge in [-0.1, -0.05) is 6.92 Å². The van der Waals surface area contributed by atoms with Crippen molar-refractivity contribution >= 4 is 17.7 Å². The van der Waals surface area contributed by atoms with E-state index in [1.165, 1.54) is 11.8 Å². The predicted octanol–water partition coefficient (Wildman–Crippen LogP) is 1.78. The Morgan fingerprint density at radius 2 is 2.38 bits per heavy atom. The van der Waals surface area contributed by atoms with Crippen LogP contribution in [0.15, 0.2) is 17.3 Å². The zero-order chi connectivity index (χ0) is 12.1. The molecule has 0 aliphatic heterocycles. The second-order valence-electron chi connectivity index (χ2n) is 3.25. The quantitative estimate of drug-likeness (QED) is 0.774. The molecule has 0 bridgehead atoms. The van der Waals surface area contributed by atoms with E-state index in [1.54, 1.807) is 0 Å². The van der Waals surface area contributed by atoms with Crippen LogP contribution in [0.2, 0.25) is 0 Å². The number of aromatic carboxylic acids is 1. The number of hydrogen-bond donors (Lipinski definition) is 2. The summed E-state index contributed by atoms with van der Waals surface area (Å²) < 4.78 is 12.8. The number of hydrogen-bond acceptors (Lipinski definition) is 4. The molecule has 1 atom stereocenters. The number of aliphatic hydroxyl groups is 1. The Morgan fingerprint density at radius 1 is 1.69 bits per heavy atom. The summed E-state index contributed by atoms with van der Waals surface area (Å²) in [5.41, 5.74) is -0.144. The number of pyridine rings is 1. The topological polar surface area (TPSA) is 70.4 Å². The molecule has 2 N–H and O–H groups in total. The number of carboxylic acid groups (broad SMARTS) is 1. The highest BCUT2D eigenvalue weighted by Gasteiger charge is 2.15. The fourth-order valence-electron chi connectivity index (χ4n) is 1.11. The molecule has 1 rings (SSSR count). The van der Waals surface area contributed by atoms with Gasteiger partial charge in [0.1, 0.15) is 10.8 Å². The number of rotatable bonds is 5. The number of carboxylic acids is 1. The zero-order valence-corrected chi connectivity index (χ0v) is 9.50. The summed E-state index contributed by atoms with van der Waals surface area (Å²) in [7, 11) is 0. The van der Waals surface area contributed by atoms with Gasteiger partial charge in [0.05, 0.1) is 11.8 Å². The van der Waals surface area contributed by atoms with Crippen LogP contribution >= 0.6 is 11.8 Å². The van der Waals surface area contributed by atoms with Crippen LogP contribution in [0.4, 0.5) is 4.39 Å². The summed E-state index contributed by atoms with van der Waals surface area (Å²) in [5, 5.41) is 17.9. The monoisotopic (exact) mass is 245 g/mol. The van der Waals surface area contributed by atoms with Crippen molar-refractivity contribution in [2.45, 2.75) is 23.6 Å². The molecule has 0 amide bonds. The van der Waals surface area contributed by atoms with Crippen LogP contribution in [-0.4, -0.2) is 33.0 Å². The number of nitrogens with zero attached hydrogens (tertiary/aromatic N) is 1. The molecule has 0 spiro atoms. The molecule has 0 aromatic carbocycles. The first-order valence-corrected chi connectivity index (χ1v) is 5.59. The van der Waals surface area contributed by atoms with Gasteiger partial charge in [0.2, 0.25) is 0 Å². The Kier molecular flexibility index (Phi) is 4.70. The van der Waals surface area contributed by atoms with E-state index < -0.39 is 11.8 Å². The lowest BCUT2D eigenvalue weighted by Crippen LogP contribution is -2.06. The molecule has 0 saturated heterocycles. The lowest BCUT2D eigenvalue weighted by atomic mass is 10.3. The Morgan fingerprint density at radius 3 is 2.94 bits per heavy atom. The van der Waals surface area contributed by atoms with Gasteiger partial charge in [0.15, 0.2) is 0 Å². The first kappa shape index (κ1) is 12.9. The number of aliphatic hydroxyl groups excluding tert-OH is 1. The van der Waals surface area contributed by atoms with Crippen molar-refractivity contribution in [1.29, 1.82) is 0 Å². The minimum atomic E-state index is -1.20. The van der Waals surface area contributed by atoms with Crippen molar-refractivity contribution in [2.75, 3.05) is 6.61 Å². The third kappa shape index (κ3) is 3.46. The van der Waals surface area contributed by atoms with E-state index in [1.807, 2.05) is 6.92 Å². The number of halogens is 1. The smallest absolute Gasteiger partial charge is 0.338 e. The van der Waals surface area contributed by atoms with Crippen molar-refractivity contribution in [3.8, 4) is 0 Å². The van der Waals surface area contributed by atoms with Crippen LogP contribution in [0.25, 0.3) is 0 Å². The highest BCUT2D eigenvalue weighted by Crippen LogP contribution is 2.26. The van der Waals surface area contributed by atoms with Crippen LogP contribution in [-0.2, 0) is 0 Å². The largest absolute Gasteiger partial charge is 0.478 e. The van der Waals surface area contributed by atoms with Crippen LogP contribution in [0.1, 0.15) is 23.7 Å². The summed E-state index contributed by atoms with van der Waals surface area (Å²) in [5.74, 6) is -1.87. The Bertz CT molecular complexity index is 386. The molecule has 0 fully saturated rings. The average molecular weight is 245 g/mol. The molecule has 88 valence electrons. The van der Waals surface area contributed by atoms with Crippen LogP contribution < -0.4 is 0 Å². The molecule has 0 saturated carbocycles. The predicted molar refractivity (Wildman–Crippen MR) is 58.2 cm³/mol. The second kappa shape index (κ2) is 5.81. The van der Waals surface area contributed by atoms with E-state index in [4.69, 9.17) is 10.2 Å². The minimum Gasteiger partial charge on any atom is -0.478 e. The second-order valence-corrected chi connectivity index (χ2v) is 4.68. The van der Waals surface area contributed by atoms with E-state index >= 15 is 0 Å². The Hall–Kier alpha value is -1.14. The fraction of sp³-hybridized carbons (Fsp3) is 0.400. The van der Waals surface area contributed by atoms with E-state index in [9.17, 15) is 9.18 Å². The van der Waals surface area contributed by atoms with E-state index in [0.717, 1.165) is 12.3 Å². The maximum atomic E-state index is 12.8. The van der Waals surface area contributed by atoms with Crippen molar-refractivity contribution in [2.24, 2.45) is 0 Å². The minimum absolute atomic E-state index is 0.0256. The number of carbonyl (C=O) groups is 1. The molecule has 0 aliphatic carbocycles. The average Bonchev–Trinajstić information content (AvgIpc) is 2.20. The van der Waals surface area contributed by atoms with Crippen molar-refractivity contribution in [1.82, 2.24) is 4.98 Å². The van der Waals surface area contributed by atoms with Gasteiger partial charge in [-0.15, -0.1) is 11.8 Å². The van der Waals surface area contributed by atoms with Gasteiger partial charge in [0, 0.05) is 11.9 Å². The summed E-state index contributed by atoms with van der Waals surface area (Å²) in [4.78, 5) is 14.6. The molecule has 4 nitrogen and oxygen atoms in total. The van der Waals surface area contributed by atoms with Crippen LogP contribution in [0.5, 0.6) is 0 Å².